The van der Waals surface area contributed by atoms with Crippen molar-refractivity contribution in [2.75, 3.05) is 6.54 Å². The third-order valence-corrected chi connectivity index (χ3v) is 1.99. The van der Waals surface area contributed by atoms with Crippen LogP contribution in [0.15, 0.2) is 28.9 Å². The second kappa shape index (κ2) is 4.28. The molecule has 1 aromatic heterocycles. The molecule has 0 radical (unpaired) electrons. The highest BCUT2D eigenvalue weighted by Crippen LogP contribution is 2.21. The van der Waals surface area contributed by atoms with Gasteiger partial charge in [0.2, 0.25) is 0 Å². The maximum atomic E-state index is 5.26. The summed E-state index contributed by atoms with van der Waals surface area (Å²) in [4.78, 5) is 0. The maximum Gasteiger partial charge on any atom is 0.101 e. The second-order valence-electron chi connectivity index (χ2n) is 3.33. The number of aryl methyl sites for hydroxylation is 1. The Bertz CT molecular complexity index is 288. The van der Waals surface area contributed by atoms with Gasteiger partial charge in [-0.25, -0.2) is 0 Å². The van der Waals surface area contributed by atoms with Crippen molar-refractivity contribution in [2.24, 2.45) is 0 Å². The van der Waals surface area contributed by atoms with Crippen LogP contribution in [0.2, 0.25) is 0 Å². The number of likely N-dealkylation sites (N-methyl/N-ethyl adjacent to an activating group) is 1. The minimum Gasteiger partial charge on any atom is -0.469 e. The van der Waals surface area contributed by atoms with Crippen molar-refractivity contribution in [3.8, 4) is 0 Å². The number of furan rings is 1. The fourth-order valence-electron chi connectivity index (χ4n) is 1.40. The molecular formula is C11H17NO. The molecule has 0 aromatic carbocycles. The number of rotatable bonds is 4. The van der Waals surface area contributed by atoms with Gasteiger partial charge in [0.15, 0.2) is 0 Å². The zero-order valence-electron chi connectivity index (χ0n) is 8.55. The normalized spacial score (nSPS) is 12.8. The summed E-state index contributed by atoms with van der Waals surface area (Å²) in [5.41, 5.74) is 2.27. The Hall–Kier alpha value is -1.02. The molecule has 72 valence electrons. The van der Waals surface area contributed by atoms with E-state index in [2.05, 4.69) is 18.8 Å². The molecule has 2 heteroatoms. The van der Waals surface area contributed by atoms with Gasteiger partial charge in [0.05, 0.1) is 12.3 Å². The van der Waals surface area contributed by atoms with Gasteiger partial charge in [-0.2, -0.15) is 0 Å². The summed E-state index contributed by atoms with van der Waals surface area (Å²) >= 11 is 0. The Morgan fingerprint density at radius 3 is 2.77 bits per heavy atom. The van der Waals surface area contributed by atoms with Crippen LogP contribution in [0.1, 0.15) is 31.2 Å². The van der Waals surface area contributed by atoms with Crippen molar-refractivity contribution >= 4 is 0 Å². The predicted molar refractivity (Wildman–Crippen MR) is 54.7 cm³/mol. The summed E-state index contributed by atoms with van der Waals surface area (Å²) in [6.45, 7) is 10.9. The molecule has 1 heterocycles. The molecule has 2 nitrogen and oxygen atoms in total. The monoisotopic (exact) mass is 179 g/mol. The lowest BCUT2D eigenvalue weighted by Gasteiger charge is -2.15. The Balaban J connectivity index is 2.81. The minimum atomic E-state index is 0.224. The lowest BCUT2D eigenvalue weighted by Crippen LogP contribution is -2.20. The van der Waals surface area contributed by atoms with Gasteiger partial charge in [-0.05, 0) is 26.5 Å². The average Bonchev–Trinajstić information content (AvgIpc) is 2.46. The molecule has 0 aliphatic carbocycles. The van der Waals surface area contributed by atoms with E-state index in [0.717, 1.165) is 23.4 Å². The van der Waals surface area contributed by atoms with E-state index in [4.69, 9.17) is 4.42 Å². The first-order valence-electron chi connectivity index (χ1n) is 4.59. The van der Waals surface area contributed by atoms with E-state index in [1.165, 1.54) is 0 Å². The molecule has 1 atom stereocenters. The van der Waals surface area contributed by atoms with Crippen molar-refractivity contribution in [1.29, 1.82) is 0 Å². The summed E-state index contributed by atoms with van der Waals surface area (Å²) in [5.74, 6) is 0.944. The molecule has 1 N–H and O–H groups in total. The minimum absolute atomic E-state index is 0.224. The van der Waals surface area contributed by atoms with Gasteiger partial charge in [-0.1, -0.05) is 19.1 Å². The molecule has 0 bridgehead atoms. The first-order valence-corrected chi connectivity index (χ1v) is 4.59. The molecule has 0 aliphatic heterocycles. The molecule has 0 amide bonds. The van der Waals surface area contributed by atoms with Crippen molar-refractivity contribution in [3.63, 3.8) is 0 Å². The highest BCUT2D eigenvalue weighted by Gasteiger charge is 2.12. The van der Waals surface area contributed by atoms with Gasteiger partial charge in [0.25, 0.3) is 0 Å². The van der Waals surface area contributed by atoms with Crippen molar-refractivity contribution < 1.29 is 4.42 Å². The fourth-order valence-corrected chi connectivity index (χ4v) is 1.40. The Morgan fingerprint density at radius 2 is 2.38 bits per heavy atom. The molecule has 0 saturated heterocycles. The SMILES string of the molecule is C=C(C)C(NCC)c1coc(C)c1. The van der Waals surface area contributed by atoms with Crippen molar-refractivity contribution in [1.82, 2.24) is 5.32 Å². The molecular weight excluding hydrogens is 162 g/mol. The van der Waals surface area contributed by atoms with Crippen LogP contribution in [-0.2, 0) is 0 Å². The van der Waals surface area contributed by atoms with Crippen LogP contribution in [0.3, 0.4) is 0 Å². The number of hydrogen-bond acceptors (Lipinski definition) is 2. The van der Waals surface area contributed by atoms with Crippen LogP contribution in [0.4, 0.5) is 0 Å². The third kappa shape index (κ3) is 2.46. The van der Waals surface area contributed by atoms with Gasteiger partial charge in [-0.15, -0.1) is 0 Å². The third-order valence-electron chi connectivity index (χ3n) is 1.99. The van der Waals surface area contributed by atoms with E-state index in [1.54, 1.807) is 6.26 Å². The van der Waals surface area contributed by atoms with Crippen LogP contribution in [0.5, 0.6) is 0 Å². The lowest BCUT2D eigenvalue weighted by molar-refractivity contribution is 0.525. The average molecular weight is 179 g/mol. The van der Waals surface area contributed by atoms with Crippen LogP contribution in [0.25, 0.3) is 0 Å². The fraction of sp³-hybridized carbons (Fsp3) is 0.455. The highest BCUT2D eigenvalue weighted by molar-refractivity contribution is 5.24. The van der Waals surface area contributed by atoms with Gasteiger partial charge < -0.3 is 9.73 Å². The van der Waals surface area contributed by atoms with Crippen molar-refractivity contribution in [2.45, 2.75) is 26.8 Å². The summed E-state index contributed by atoms with van der Waals surface area (Å²) in [5, 5.41) is 3.35. The molecule has 0 spiro atoms. The van der Waals surface area contributed by atoms with Gasteiger partial charge in [0.1, 0.15) is 5.76 Å². The van der Waals surface area contributed by atoms with E-state index < -0.39 is 0 Å². The standard InChI is InChI=1S/C11H17NO/c1-5-12-11(8(2)3)10-6-9(4)13-7-10/h6-7,11-12H,2,5H2,1,3-4H3. The summed E-state index contributed by atoms with van der Waals surface area (Å²) in [6, 6.07) is 2.27. The molecule has 1 rings (SSSR count). The Labute approximate surface area is 79.6 Å². The van der Waals surface area contributed by atoms with E-state index >= 15 is 0 Å². The van der Waals surface area contributed by atoms with Crippen LogP contribution in [-0.4, -0.2) is 6.54 Å². The van der Waals surface area contributed by atoms with Crippen LogP contribution in [0, 0.1) is 6.92 Å². The van der Waals surface area contributed by atoms with Gasteiger partial charge >= 0.3 is 0 Å². The maximum absolute atomic E-state index is 5.26. The van der Waals surface area contributed by atoms with E-state index in [1.807, 2.05) is 19.9 Å². The molecule has 1 unspecified atom stereocenters. The van der Waals surface area contributed by atoms with Gasteiger partial charge in [0, 0.05) is 5.56 Å². The molecule has 0 fully saturated rings. The first-order chi connectivity index (χ1) is 6.15. The Morgan fingerprint density at radius 1 is 1.69 bits per heavy atom. The first kappa shape index (κ1) is 10.1. The van der Waals surface area contributed by atoms with Crippen LogP contribution < -0.4 is 5.32 Å². The Kier molecular flexibility index (Phi) is 3.32. The largest absolute Gasteiger partial charge is 0.469 e. The van der Waals surface area contributed by atoms with Gasteiger partial charge in [-0.3, -0.25) is 0 Å². The second-order valence-corrected chi connectivity index (χ2v) is 3.33. The van der Waals surface area contributed by atoms with Crippen molar-refractivity contribution in [3.05, 3.63) is 35.8 Å². The zero-order chi connectivity index (χ0) is 9.84. The smallest absolute Gasteiger partial charge is 0.101 e. The zero-order valence-corrected chi connectivity index (χ0v) is 8.55. The van der Waals surface area contributed by atoms with Crippen LogP contribution >= 0.6 is 0 Å². The summed E-state index contributed by atoms with van der Waals surface area (Å²) in [6.07, 6.45) is 1.79. The van der Waals surface area contributed by atoms with E-state index in [9.17, 15) is 0 Å². The summed E-state index contributed by atoms with van der Waals surface area (Å²) < 4.78 is 5.26. The number of hydrogen-bond donors (Lipinski definition) is 1. The number of nitrogens with one attached hydrogen (secondary N) is 1. The molecule has 0 aliphatic rings. The lowest BCUT2D eigenvalue weighted by atomic mass is 10.0. The van der Waals surface area contributed by atoms with E-state index in [0.29, 0.717) is 0 Å². The summed E-state index contributed by atoms with van der Waals surface area (Å²) in [7, 11) is 0. The molecule has 1 aromatic rings. The quantitative estimate of drug-likeness (QED) is 0.719. The molecule has 13 heavy (non-hydrogen) atoms. The molecule has 0 saturated carbocycles. The van der Waals surface area contributed by atoms with E-state index in [-0.39, 0.29) is 6.04 Å². The predicted octanol–water partition coefficient (Wildman–Crippen LogP) is 2.81. The highest BCUT2D eigenvalue weighted by atomic mass is 16.3. The topological polar surface area (TPSA) is 25.2 Å².